The number of anilines is 1. The molecule has 6 nitrogen and oxygen atoms in total. The van der Waals surface area contributed by atoms with E-state index in [1.165, 1.54) is 0 Å². The molecule has 4 rings (SSSR count). The first kappa shape index (κ1) is 18.3. The van der Waals surface area contributed by atoms with Crippen LogP contribution in [0.4, 0.5) is 5.69 Å². The Kier molecular flexibility index (Phi) is 4.94. The molecule has 1 aliphatic carbocycles. The maximum atomic E-state index is 12.6. The molecule has 0 radical (unpaired) electrons. The van der Waals surface area contributed by atoms with Gasteiger partial charge < -0.3 is 20.5 Å². The third kappa shape index (κ3) is 3.67. The van der Waals surface area contributed by atoms with E-state index in [-0.39, 0.29) is 23.7 Å². The Bertz CT molecular complexity index is 905. The minimum Gasteiger partial charge on any atom is -0.504 e. The van der Waals surface area contributed by atoms with E-state index in [1.54, 1.807) is 35.2 Å². The molecule has 1 atom stereocenters. The van der Waals surface area contributed by atoms with E-state index < -0.39 is 5.91 Å². The first-order chi connectivity index (χ1) is 13.5. The highest BCUT2D eigenvalue weighted by molar-refractivity contribution is 5.99. The summed E-state index contributed by atoms with van der Waals surface area (Å²) < 4.78 is 5.99. The first-order valence-corrected chi connectivity index (χ1v) is 9.71. The number of nitrogens with zero attached hydrogens (tertiary/aromatic N) is 1. The lowest BCUT2D eigenvalue weighted by Crippen LogP contribution is -2.24. The van der Waals surface area contributed by atoms with Crippen LogP contribution in [-0.2, 0) is 4.79 Å². The molecule has 1 heterocycles. The molecule has 2 aromatic rings. The van der Waals surface area contributed by atoms with Crippen LogP contribution in [0.1, 0.15) is 53.9 Å². The van der Waals surface area contributed by atoms with Gasteiger partial charge in [-0.2, -0.15) is 0 Å². The van der Waals surface area contributed by atoms with Gasteiger partial charge in [0, 0.05) is 30.1 Å². The average Bonchev–Trinajstić information content (AvgIpc) is 3.33. The molecule has 3 N–H and O–H groups in total. The molecule has 0 spiro atoms. The zero-order chi connectivity index (χ0) is 19.7. The van der Waals surface area contributed by atoms with E-state index >= 15 is 0 Å². The van der Waals surface area contributed by atoms with Crippen molar-refractivity contribution in [2.45, 2.75) is 44.1 Å². The van der Waals surface area contributed by atoms with Crippen LogP contribution < -0.4 is 15.4 Å². The topological polar surface area (TPSA) is 92.9 Å². The molecule has 1 aliphatic heterocycles. The molecular weight excluding hydrogens is 356 g/mol. The zero-order valence-corrected chi connectivity index (χ0v) is 15.6. The highest BCUT2D eigenvalue weighted by atomic mass is 16.5. The second kappa shape index (κ2) is 7.54. The van der Waals surface area contributed by atoms with Crippen LogP contribution in [0.5, 0.6) is 11.5 Å². The second-order valence-corrected chi connectivity index (χ2v) is 7.57. The summed E-state index contributed by atoms with van der Waals surface area (Å²) in [6.45, 7) is 0.509. The minimum atomic E-state index is -0.516. The number of nitrogens with two attached hydrogens (primary N) is 1. The fourth-order valence-electron chi connectivity index (χ4n) is 4.07. The van der Waals surface area contributed by atoms with Crippen molar-refractivity contribution in [1.82, 2.24) is 0 Å². The van der Waals surface area contributed by atoms with Crippen LogP contribution in [0, 0.1) is 0 Å². The molecule has 146 valence electrons. The summed E-state index contributed by atoms with van der Waals surface area (Å²) >= 11 is 0. The van der Waals surface area contributed by atoms with E-state index in [2.05, 4.69) is 0 Å². The Morgan fingerprint density at radius 1 is 1.14 bits per heavy atom. The lowest BCUT2D eigenvalue weighted by atomic mass is 9.98. The Balaban J connectivity index is 1.53. The smallest absolute Gasteiger partial charge is 0.248 e. The van der Waals surface area contributed by atoms with Crippen molar-refractivity contribution >= 4 is 17.5 Å². The van der Waals surface area contributed by atoms with E-state index in [4.69, 9.17) is 10.5 Å². The predicted molar refractivity (Wildman–Crippen MR) is 106 cm³/mol. The lowest BCUT2D eigenvalue weighted by Gasteiger charge is -2.19. The fourth-order valence-corrected chi connectivity index (χ4v) is 4.07. The molecule has 0 bridgehead atoms. The van der Waals surface area contributed by atoms with Crippen molar-refractivity contribution in [2.24, 2.45) is 5.73 Å². The number of phenolic OH excluding ortho intramolecular Hbond substituents is 1. The molecule has 1 saturated carbocycles. The number of benzene rings is 2. The molecule has 2 aromatic carbocycles. The maximum absolute atomic E-state index is 12.6. The number of ether oxygens (including phenoxy) is 1. The Morgan fingerprint density at radius 3 is 2.68 bits per heavy atom. The Hall–Kier alpha value is -3.02. The standard InChI is InChI=1S/C22H24N2O4/c23-22(27)15-4-3-5-17(10-15)24-13-16(12-21(24)26)14-8-9-19(25)20(11-14)28-18-6-1-2-7-18/h3-5,8-11,16,18,25H,1-2,6-7,12-13H2,(H2,23,27)/t16-/m1/s1. The lowest BCUT2D eigenvalue weighted by molar-refractivity contribution is -0.117. The average molecular weight is 380 g/mol. The molecule has 28 heavy (non-hydrogen) atoms. The zero-order valence-electron chi connectivity index (χ0n) is 15.6. The van der Waals surface area contributed by atoms with Crippen LogP contribution in [0.3, 0.4) is 0 Å². The van der Waals surface area contributed by atoms with Crippen molar-refractivity contribution in [2.75, 3.05) is 11.4 Å². The second-order valence-electron chi connectivity index (χ2n) is 7.57. The number of carbonyl (C=O) groups is 2. The van der Waals surface area contributed by atoms with Crippen LogP contribution >= 0.6 is 0 Å². The van der Waals surface area contributed by atoms with Crippen LogP contribution in [0.15, 0.2) is 42.5 Å². The quantitative estimate of drug-likeness (QED) is 0.832. The van der Waals surface area contributed by atoms with Gasteiger partial charge in [0.1, 0.15) is 0 Å². The number of aromatic hydroxyl groups is 1. The molecule has 2 aliphatic rings. The van der Waals surface area contributed by atoms with Gasteiger partial charge in [-0.05, 0) is 61.6 Å². The van der Waals surface area contributed by atoms with Gasteiger partial charge in [0.25, 0.3) is 0 Å². The van der Waals surface area contributed by atoms with E-state index in [1.807, 2.05) is 12.1 Å². The number of rotatable bonds is 5. The molecule has 2 fully saturated rings. The molecule has 6 heteroatoms. The summed E-state index contributed by atoms with van der Waals surface area (Å²) in [7, 11) is 0. The van der Waals surface area contributed by atoms with Gasteiger partial charge in [-0.25, -0.2) is 0 Å². The fraction of sp³-hybridized carbons (Fsp3) is 0.364. The third-order valence-corrected chi connectivity index (χ3v) is 5.62. The first-order valence-electron chi connectivity index (χ1n) is 9.71. The molecule has 1 saturated heterocycles. The summed E-state index contributed by atoms with van der Waals surface area (Å²) in [6, 6.07) is 12.2. The highest BCUT2D eigenvalue weighted by Gasteiger charge is 2.32. The van der Waals surface area contributed by atoms with Gasteiger partial charge in [0.15, 0.2) is 11.5 Å². The molecule has 0 unspecified atom stereocenters. The highest BCUT2D eigenvalue weighted by Crippen LogP contribution is 2.37. The molecule has 0 aromatic heterocycles. The normalized spacial score (nSPS) is 19.9. The van der Waals surface area contributed by atoms with Gasteiger partial charge in [-0.15, -0.1) is 0 Å². The predicted octanol–water partition coefficient (Wildman–Crippen LogP) is 3.33. The third-order valence-electron chi connectivity index (χ3n) is 5.62. The summed E-state index contributed by atoms with van der Waals surface area (Å²) in [6.07, 6.45) is 4.85. The van der Waals surface area contributed by atoms with Crippen LogP contribution in [0.2, 0.25) is 0 Å². The summed E-state index contributed by atoms with van der Waals surface area (Å²) in [5.41, 5.74) is 7.37. The monoisotopic (exact) mass is 380 g/mol. The van der Waals surface area contributed by atoms with Crippen molar-refractivity contribution in [3.63, 3.8) is 0 Å². The molecular formula is C22H24N2O4. The SMILES string of the molecule is NC(=O)c1cccc(N2C[C@H](c3ccc(O)c(OC4CCCC4)c3)CC2=O)c1. The minimum absolute atomic E-state index is 0.00189. The van der Waals surface area contributed by atoms with Gasteiger partial charge in [-0.3, -0.25) is 9.59 Å². The Labute approximate surface area is 163 Å². The number of carbonyl (C=O) groups excluding carboxylic acids is 2. The maximum Gasteiger partial charge on any atom is 0.248 e. The summed E-state index contributed by atoms with van der Waals surface area (Å²) in [5.74, 6) is 0.100. The molecule has 2 amide bonds. The van der Waals surface area contributed by atoms with E-state index in [0.29, 0.717) is 30.0 Å². The summed E-state index contributed by atoms with van der Waals surface area (Å²) in [4.78, 5) is 25.7. The van der Waals surface area contributed by atoms with E-state index in [9.17, 15) is 14.7 Å². The largest absolute Gasteiger partial charge is 0.504 e. The van der Waals surface area contributed by atoms with Crippen molar-refractivity contribution < 1.29 is 19.4 Å². The number of amides is 2. The van der Waals surface area contributed by atoms with Crippen molar-refractivity contribution in [3.05, 3.63) is 53.6 Å². The van der Waals surface area contributed by atoms with Gasteiger partial charge in [0.05, 0.1) is 6.10 Å². The van der Waals surface area contributed by atoms with Gasteiger partial charge in [-0.1, -0.05) is 12.1 Å². The number of primary amides is 1. The van der Waals surface area contributed by atoms with E-state index in [0.717, 1.165) is 31.2 Å². The van der Waals surface area contributed by atoms with Gasteiger partial charge >= 0.3 is 0 Å². The number of phenols is 1. The number of hydrogen-bond donors (Lipinski definition) is 2. The van der Waals surface area contributed by atoms with Crippen molar-refractivity contribution in [1.29, 1.82) is 0 Å². The Morgan fingerprint density at radius 2 is 1.93 bits per heavy atom. The van der Waals surface area contributed by atoms with Gasteiger partial charge in [0.2, 0.25) is 11.8 Å². The van der Waals surface area contributed by atoms with Crippen LogP contribution in [-0.4, -0.2) is 29.6 Å². The number of hydrogen-bond acceptors (Lipinski definition) is 4. The van der Waals surface area contributed by atoms with Crippen molar-refractivity contribution in [3.8, 4) is 11.5 Å². The summed E-state index contributed by atoms with van der Waals surface area (Å²) in [5, 5.41) is 10.2. The van der Waals surface area contributed by atoms with Crippen LogP contribution in [0.25, 0.3) is 0 Å².